The Morgan fingerprint density at radius 3 is 2.92 bits per heavy atom. The number of carbonyl (C=O) groups is 1. The van der Waals surface area contributed by atoms with Gasteiger partial charge in [-0.2, -0.15) is 5.10 Å². The van der Waals surface area contributed by atoms with Crippen molar-refractivity contribution in [2.24, 2.45) is 13.0 Å². The fourth-order valence-electron chi connectivity index (χ4n) is 5.42. The molecular weight excluding hydrogens is 450 g/mol. The number of likely N-dealkylation sites (N-methyl/N-ethyl adjacent to an activating group) is 1. The van der Waals surface area contributed by atoms with Crippen LogP contribution in [-0.4, -0.2) is 61.6 Å². The molecule has 2 aliphatic heterocycles. The molecule has 36 heavy (non-hydrogen) atoms. The molecule has 1 saturated heterocycles. The van der Waals surface area contributed by atoms with Crippen LogP contribution in [0.25, 0.3) is 0 Å². The zero-order valence-electron chi connectivity index (χ0n) is 21.2. The average Bonchev–Trinajstić information content (AvgIpc) is 3.31. The minimum absolute atomic E-state index is 0.0817. The molecule has 3 aromatic rings. The van der Waals surface area contributed by atoms with Crippen molar-refractivity contribution in [3.05, 3.63) is 70.8 Å². The van der Waals surface area contributed by atoms with Crippen LogP contribution in [0.3, 0.4) is 0 Å². The van der Waals surface area contributed by atoms with Gasteiger partial charge in [-0.3, -0.25) is 9.48 Å². The number of nitrogens with one attached hydrogen (secondary N) is 1. The first kappa shape index (κ1) is 24.0. The second kappa shape index (κ2) is 10.1. The number of hydrogen-bond donors (Lipinski definition) is 1. The zero-order valence-corrected chi connectivity index (χ0v) is 21.2. The largest absolute Gasteiger partial charge is 0.348 e. The monoisotopic (exact) mass is 483 g/mol. The predicted octanol–water partition coefficient (Wildman–Crippen LogP) is 2.81. The summed E-state index contributed by atoms with van der Waals surface area (Å²) in [4.78, 5) is 27.6. The van der Waals surface area contributed by atoms with Crippen molar-refractivity contribution in [3.8, 4) is 12.3 Å². The molecule has 1 amide bonds. The first-order valence-corrected chi connectivity index (χ1v) is 12.5. The topological polar surface area (TPSA) is 79.2 Å². The summed E-state index contributed by atoms with van der Waals surface area (Å²) in [6.45, 7) is 4.92. The minimum Gasteiger partial charge on any atom is -0.348 e. The van der Waals surface area contributed by atoms with E-state index in [4.69, 9.17) is 11.4 Å². The molecule has 0 spiro atoms. The maximum absolute atomic E-state index is 14.0. The molecule has 8 heteroatoms. The molecule has 0 radical (unpaired) electrons. The molecule has 0 bridgehead atoms. The Kier molecular flexibility index (Phi) is 6.75. The van der Waals surface area contributed by atoms with Gasteiger partial charge in [0.05, 0.1) is 24.5 Å². The van der Waals surface area contributed by atoms with Gasteiger partial charge in [0.2, 0.25) is 11.9 Å². The van der Waals surface area contributed by atoms with Crippen molar-refractivity contribution in [1.82, 2.24) is 29.5 Å². The molecule has 5 rings (SSSR count). The molecule has 3 atom stereocenters. The molecule has 0 saturated carbocycles. The van der Waals surface area contributed by atoms with Gasteiger partial charge in [-0.25, -0.2) is 9.97 Å². The molecule has 0 unspecified atom stereocenters. The minimum atomic E-state index is -0.0817. The van der Waals surface area contributed by atoms with Crippen LogP contribution in [0.5, 0.6) is 0 Å². The quantitative estimate of drug-likeness (QED) is 0.563. The highest BCUT2D eigenvalue weighted by molar-refractivity contribution is 5.81. The lowest BCUT2D eigenvalue weighted by molar-refractivity contribution is -0.141. The first-order chi connectivity index (χ1) is 17.4. The summed E-state index contributed by atoms with van der Waals surface area (Å²) in [5.74, 6) is 3.53. The number of terminal acetylenes is 1. The Hall–Kier alpha value is -3.70. The number of likely N-dealkylation sites (tertiary alicyclic amines) is 1. The van der Waals surface area contributed by atoms with Crippen molar-refractivity contribution in [2.75, 3.05) is 25.5 Å². The maximum Gasteiger partial charge on any atom is 0.227 e. The van der Waals surface area contributed by atoms with Crippen LogP contribution in [0, 0.1) is 18.3 Å². The summed E-state index contributed by atoms with van der Waals surface area (Å²) in [6.07, 6.45) is 11.1. The van der Waals surface area contributed by atoms with E-state index in [1.165, 1.54) is 0 Å². The molecule has 2 aliphatic rings. The number of anilines is 1. The summed E-state index contributed by atoms with van der Waals surface area (Å²) in [5, 5.41) is 7.65. The van der Waals surface area contributed by atoms with Gasteiger partial charge >= 0.3 is 0 Å². The fraction of sp³-hybridized carbons (Fsp3) is 0.429. The summed E-state index contributed by atoms with van der Waals surface area (Å²) >= 11 is 0. The van der Waals surface area contributed by atoms with E-state index in [1.54, 1.807) is 4.68 Å². The number of piperidine rings is 1. The molecule has 0 aliphatic carbocycles. The summed E-state index contributed by atoms with van der Waals surface area (Å²) in [7, 11) is 4.02. The number of fused-ring (bicyclic) bond motifs is 1. The lowest BCUT2D eigenvalue weighted by Crippen LogP contribution is -2.50. The third-order valence-electron chi connectivity index (χ3n) is 7.42. The Bertz CT molecular complexity index is 1290. The lowest BCUT2D eigenvalue weighted by Gasteiger charge is -2.42. The molecule has 1 aromatic carbocycles. The normalized spacial score (nSPS) is 22.1. The van der Waals surface area contributed by atoms with E-state index in [0.717, 1.165) is 54.0 Å². The second-order valence-corrected chi connectivity index (χ2v) is 10.1. The Morgan fingerprint density at radius 2 is 2.14 bits per heavy atom. The molecular formula is C28H33N7O. The van der Waals surface area contributed by atoms with Crippen molar-refractivity contribution in [2.45, 2.75) is 44.8 Å². The van der Waals surface area contributed by atoms with Gasteiger partial charge in [-0.1, -0.05) is 18.1 Å². The number of carbonyl (C=O) groups excluding carboxylic acids is 1. The van der Waals surface area contributed by atoms with Crippen molar-refractivity contribution in [3.63, 3.8) is 0 Å². The van der Waals surface area contributed by atoms with Gasteiger partial charge in [0.25, 0.3) is 0 Å². The Morgan fingerprint density at radius 1 is 1.28 bits per heavy atom. The number of aromatic nitrogens is 4. The highest BCUT2D eigenvalue weighted by Gasteiger charge is 2.39. The number of hydrogen-bond acceptors (Lipinski definition) is 6. The van der Waals surface area contributed by atoms with E-state index in [0.29, 0.717) is 19.0 Å². The number of aryl methyl sites for hydroxylation is 1. The zero-order chi connectivity index (χ0) is 25.2. The smallest absolute Gasteiger partial charge is 0.227 e. The molecule has 4 heterocycles. The van der Waals surface area contributed by atoms with Gasteiger partial charge in [0, 0.05) is 49.4 Å². The Balaban J connectivity index is 1.34. The third kappa shape index (κ3) is 4.98. The molecule has 8 nitrogen and oxygen atoms in total. The number of amides is 1. The second-order valence-electron chi connectivity index (χ2n) is 10.1. The lowest BCUT2D eigenvalue weighted by atomic mass is 9.79. The summed E-state index contributed by atoms with van der Waals surface area (Å²) in [5.41, 5.74) is 4.94. The highest BCUT2D eigenvalue weighted by atomic mass is 16.2. The van der Waals surface area contributed by atoms with E-state index in [1.807, 2.05) is 42.5 Å². The van der Waals surface area contributed by atoms with Crippen LogP contribution in [0.2, 0.25) is 0 Å². The van der Waals surface area contributed by atoms with E-state index in [-0.39, 0.29) is 23.8 Å². The van der Waals surface area contributed by atoms with Crippen LogP contribution in [0.4, 0.5) is 5.95 Å². The average molecular weight is 484 g/mol. The number of nitrogens with zero attached hydrogens (tertiary/aromatic N) is 6. The fourth-order valence-corrected chi connectivity index (χ4v) is 5.42. The van der Waals surface area contributed by atoms with Gasteiger partial charge in [0.15, 0.2) is 0 Å². The van der Waals surface area contributed by atoms with Crippen LogP contribution >= 0.6 is 0 Å². The van der Waals surface area contributed by atoms with Gasteiger partial charge < -0.3 is 15.1 Å². The van der Waals surface area contributed by atoms with Crippen molar-refractivity contribution in [1.29, 1.82) is 0 Å². The van der Waals surface area contributed by atoms with E-state index < -0.39 is 0 Å². The highest BCUT2D eigenvalue weighted by Crippen LogP contribution is 2.35. The van der Waals surface area contributed by atoms with Gasteiger partial charge in [-0.05, 0) is 62.7 Å². The first-order valence-electron chi connectivity index (χ1n) is 12.5. The summed E-state index contributed by atoms with van der Waals surface area (Å²) < 4.78 is 1.77. The third-order valence-corrected chi connectivity index (χ3v) is 7.42. The van der Waals surface area contributed by atoms with Crippen molar-refractivity contribution >= 4 is 11.9 Å². The van der Waals surface area contributed by atoms with E-state index in [2.05, 4.69) is 52.3 Å². The van der Waals surface area contributed by atoms with E-state index in [9.17, 15) is 4.79 Å². The maximum atomic E-state index is 14.0. The molecule has 1 fully saturated rings. The molecule has 186 valence electrons. The molecule has 1 N–H and O–H groups in total. The SMILES string of the molecule is C#Cc1cccc([C@H]2CN(C)CC[C@@H]2C(=O)N2Cc3nc(NCc4ccn(C)n4)ncc3C[C@H]2C)c1. The van der Waals surface area contributed by atoms with Crippen LogP contribution in [-0.2, 0) is 31.4 Å². The predicted molar refractivity (Wildman–Crippen MR) is 139 cm³/mol. The van der Waals surface area contributed by atoms with Crippen LogP contribution in [0.1, 0.15) is 47.3 Å². The van der Waals surface area contributed by atoms with Gasteiger partial charge in [-0.15, -0.1) is 6.42 Å². The van der Waals surface area contributed by atoms with E-state index >= 15 is 0 Å². The Labute approximate surface area is 212 Å². The van der Waals surface area contributed by atoms with Gasteiger partial charge in [0.1, 0.15) is 0 Å². The number of benzene rings is 1. The summed E-state index contributed by atoms with van der Waals surface area (Å²) in [6, 6.07) is 10.2. The van der Waals surface area contributed by atoms with Crippen LogP contribution < -0.4 is 5.32 Å². The number of rotatable bonds is 5. The van der Waals surface area contributed by atoms with Crippen LogP contribution in [0.15, 0.2) is 42.7 Å². The standard InChI is InChI=1S/C28H33N7O/c1-5-20-7-6-8-21(14-20)25-17-33(3)11-10-24(25)27(36)35-18-26-22(13-19(35)2)15-29-28(31-26)30-16-23-9-12-34(4)32-23/h1,6-9,12,14-15,19,24-25H,10-11,13,16-18H2,2-4H3,(H,29,30,31)/t19-,24+,25-/m1/s1. The van der Waals surface area contributed by atoms with Crippen molar-refractivity contribution < 1.29 is 4.79 Å². The molecule has 2 aromatic heterocycles.